The van der Waals surface area contributed by atoms with Gasteiger partial charge in [-0.05, 0) is 38.1 Å². The Hall–Kier alpha value is -1.56. The molecule has 0 unspecified atom stereocenters. The number of hydrogen-bond donors (Lipinski definition) is 0. The maximum Gasteiger partial charge on any atom is 0.280 e. The molecule has 4 radical (unpaired) electrons. The first-order chi connectivity index (χ1) is 11.9. The zero-order valence-corrected chi connectivity index (χ0v) is 16.9. The van der Waals surface area contributed by atoms with E-state index < -0.39 is 4.92 Å². The van der Waals surface area contributed by atoms with Crippen molar-refractivity contribution in [2.45, 2.75) is 46.1 Å². The van der Waals surface area contributed by atoms with Crippen LogP contribution in [0.1, 0.15) is 37.0 Å². The van der Waals surface area contributed by atoms with E-state index in [0.29, 0.717) is 38.2 Å². The average Bonchev–Trinajstić information content (AvgIpc) is 2.58. The lowest BCUT2D eigenvalue weighted by molar-refractivity contribution is -0.385. The summed E-state index contributed by atoms with van der Waals surface area (Å²) in [6.07, 6.45) is 1.81. The zero-order valence-electron chi connectivity index (χ0n) is 14.9. The molecule has 1 aromatic rings. The van der Waals surface area contributed by atoms with Crippen molar-refractivity contribution in [3.63, 3.8) is 0 Å². The minimum absolute atomic E-state index is 0.0116. The van der Waals surface area contributed by atoms with Gasteiger partial charge in [0.25, 0.3) is 5.69 Å². The largest absolute Gasteiger partial charge is 0.494 e. The summed E-state index contributed by atoms with van der Waals surface area (Å²) in [5, 5.41) is 10.8. The maximum atomic E-state index is 11.0. The summed E-state index contributed by atoms with van der Waals surface area (Å²) in [5.41, 5.74) is -0.363. The van der Waals surface area contributed by atoms with Gasteiger partial charge in [0.15, 0.2) is 6.29 Å². The van der Waals surface area contributed by atoms with Gasteiger partial charge < -0.3 is 13.6 Å². The summed E-state index contributed by atoms with van der Waals surface area (Å²) >= 11 is 0. The van der Waals surface area contributed by atoms with E-state index in [2.05, 4.69) is 13.8 Å². The Morgan fingerprint density at radius 3 is 2.44 bits per heavy atom. The van der Waals surface area contributed by atoms with Gasteiger partial charge in [-0.25, -0.2) is 0 Å². The highest BCUT2D eigenvalue weighted by atomic mass is 28.2. The second-order valence-corrected chi connectivity index (χ2v) is 7.30. The van der Waals surface area contributed by atoms with Gasteiger partial charge >= 0.3 is 0 Å². The Morgan fingerprint density at radius 1 is 1.28 bits per heavy atom. The third-order valence-corrected chi connectivity index (χ3v) is 4.54. The molecule has 0 heterocycles. The zero-order chi connectivity index (χ0) is 18.9. The van der Waals surface area contributed by atoms with Crippen molar-refractivity contribution in [2.75, 3.05) is 6.61 Å². The first-order valence-electron chi connectivity index (χ1n) is 7.87. The van der Waals surface area contributed by atoms with Crippen LogP contribution in [0.25, 0.3) is 0 Å². The second kappa shape index (κ2) is 10.4. The Bertz CT molecular complexity index is 576. The van der Waals surface area contributed by atoms with Crippen molar-refractivity contribution < 1.29 is 23.3 Å². The quantitative estimate of drug-likeness (QED) is 0.138. The van der Waals surface area contributed by atoms with E-state index >= 15 is 0 Å². The van der Waals surface area contributed by atoms with Crippen LogP contribution in [0.15, 0.2) is 18.2 Å². The highest BCUT2D eigenvalue weighted by Gasteiger charge is 2.30. The molecule has 0 aliphatic rings. The monoisotopic (exact) mass is 381 g/mol. The molecule has 0 bridgehead atoms. The standard InChI is InChI=1S/C16H23NO6Si2/c1-16(2,15(22-24-3)23-25-4)8-5-9-21-13-6-7-14(17(19)20)12(10-13)11-18/h6-7,10-11,15H,5,8-9H2,1-4H3. The Balaban J connectivity index is 2.57. The highest BCUT2D eigenvalue weighted by Crippen LogP contribution is 2.30. The van der Waals surface area contributed by atoms with Crippen molar-refractivity contribution >= 4 is 31.5 Å². The summed E-state index contributed by atoms with van der Waals surface area (Å²) in [4.78, 5) is 21.2. The van der Waals surface area contributed by atoms with Crippen LogP contribution in [0.4, 0.5) is 5.69 Å². The number of carbonyl (C=O) groups is 1. The lowest BCUT2D eigenvalue weighted by Gasteiger charge is -2.34. The summed E-state index contributed by atoms with van der Waals surface area (Å²) < 4.78 is 17.0. The van der Waals surface area contributed by atoms with Crippen molar-refractivity contribution in [2.24, 2.45) is 5.41 Å². The topological polar surface area (TPSA) is 87.9 Å². The lowest BCUT2D eigenvalue weighted by atomic mass is 9.87. The molecule has 136 valence electrons. The molecule has 25 heavy (non-hydrogen) atoms. The van der Waals surface area contributed by atoms with E-state index in [9.17, 15) is 14.9 Å². The molecule has 1 rings (SSSR count). The van der Waals surface area contributed by atoms with Crippen LogP contribution in [-0.2, 0) is 8.85 Å². The molecule has 9 heteroatoms. The summed E-state index contributed by atoms with van der Waals surface area (Å²) in [6, 6.07) is 4.18. The maximum absolute atomic E-state index is 11.0. The van der Waals surface area contributed by atoms with Gasteiger partial charge in [-0.1, -0.05) is 13.8 Å². The van der Waals surface area contributed by atoms with Crippen LogP contribution in [0.3, 0.4) is 0 Å². The van der Waals surface area contributed by atoms with Crippen LogP contribution in [0.5, 0.6) is 5.75 Å². The van der Waals surface area contributed by atoms with Gasteiger partial charge in [-0.15, -0.1) is 0 Å². The van der Waals surface area contributed by atoms with Crippen molar-refractivity contribution in [1.82, 2.24) is 0 Å². The summed E-state index contributed by atoms with van der Waals surface area (Å²) in [5.74, 6) is 0.444. The molecular formula is C16H23NO6Si2. The van der Waals surface area contributed by atoms with E-state index in [0.717, 1.165) is 12.8 Å². The van der Waals surface area contributed by atoms with Crippen LogP contribution in [0, 0.1) is 15.5 Å². The van der Waals surface area contributed by atoms with E-state index in [1.807, 2.05) is 13.1 Å². The fraction of sp³-hybridized carbons (Fsp3) is 0.562. The molecular weight excluding hydrogens is 358 g/mol. The number of ether oxygens (including phenoxy) is 1. The number of carbonyl (C=O) groups excluding carboxylic acids is 1. The summed E-state index contributed by atoms with van der Waals surface area (Å²) in [7, 11) is 0.719. The van der Waals surface area contributed by atoms with Crippen LogP contribution in [0.2, 0.25) is 13.1 Å². The molecule has 0 N–H and O–H groups in total. The average molecular weight is 382 g/mol. The van der Waals surface area contributed by atoms with Gasteiger partial charge in [0, 0.05) is 11.5 Å². The molecule has 0 fully saturated rings. The second-order valence-electron chi connectivity index (χ2n) is 6.01. The third-order valence-electron chi connectivity index (χ3n) is 3.64. The number of nitro groups is 1. The molecule has 7 nitrogen and oxygen atoms in total. The number of nitro benzene ring substituents is 1. The minimum Gasteiger partial charge on any atom is -0.494 e. The highest BCUT2D eigenvalue weighted by molar-refractivity contribution is 6.26. The third kappa shape index (κ3) is 6.69. The molecule has 1 aromatic carbocycles. The van der Waals surface area contributed by atoms with Crippen molar-refractivity contribution in [3.05, 3.63) is 33.9 Å². The Kier molecular flexibility index (Phi) is 8.97. The number of aldehydes is 1. The van der Waals surface area contributed by atoms with Gasteiger partial charge in [-0.3, -0.25) is 14.9 Å². The molecule has 0 aliphatic heterocycles. The predicted molar refractivity (Wildman–Crippen MR) is 96.2 cm³/mol. The fourth-order valence-corrected chi connectivity index (χ4v) is 3.53. The molecule has 0 amide bonds. The molecule has 0 saturated carbocycles. The van der Waals surface area contributed by atoms with Crippen LogP contribution in [-0.4, -0.2) is 43.6 Å². The SMILES string of the molecule is C[Si]OC(O[Si]C)C(C)(C)CCCOc1ccc([N+](=O)[O-])c(C=O)c1. The number of rotatable bonds is 12. The van der Waals surface area contributed by atoms with Crippen LogP contribution < -0.4 is 4.74 Å². The minimum atomic E-state index is -0.584. The first-order valence-corrected chi connectivity index (χ1v) is 10.7. The first kappa shape index (κ1) is 21.5. The van der Waals surface area contributed by atoms with E-state index in [1.54, 1.807) is 0 Å². The van der Waals surface area contributed by atoms with E-state index in [1.165, 1.54) is 18.2 Å². The van der Waals surface area contributed by atoms with E-state index in [-0.39, 0.29) is 23.0 Å². The molecule has 0 aromatic heterocycles. The van der Waals surface area contributed by atoms with Crippen molar-refractivity contribution in [3.8, 4) is 5.75 Å². The molecule has 0 saturated heterocycles. The van der Waals surface area contributed by atoms with Gasteiger partial charge in [0.05, 0.1) is 17.1 Å². The van der Waals surface area contributed by atoms with Crippen molar-refractivity contribution in [1.29, 1.82) is 0 Å². The number of hydrogen-bond acceptors (Lipinski definition) is 6. The van der Waals surface area contributed by atoms with E-state index in [4.69, 9.17) is 13.6 Å². The van der Waals surface area contributed by atoms with Gasteiger partial charge in [0.1, 0.15) is 12.0 Å². The van der Waals surface area contributed by atoms with Gasteiger partial charge in [0.2, 0.25) is 19.5 Å². The summed E-state index contributed by atoms with van der Waals surface area (Å²) in [6.45, 7) is 8.55. The van der Waals surface area contributed by atoms with Crippen LogP contribution >= 0.6 is 0 Å². The normalized spacial score (nSPS) is 11.6. The molecule has 0 spiro atoms. The Labute approximate surface area is 153 Å². The lowest BCUT2D eigenvalue weighted by Crippen LogP contribution is -2.36. The molecule has 0 aliphatic carbocycles. The molecule has 0 atom stereocenters. The smallest absolute Gasteiger partial charge is 0.280 e. The predicted octanol–water partition coefficient (Wildman–Crippen LogP) is 3.29. The fourth-order valence-electron chi connectivity index (χ4n) is 2.28. The Morgan fingerprint density at radius 2 is 1.92 bits per heavy atom. The number of nitrogens with zero attached hydrogens (tertiary/aromatic N) is 1. The number of benzene rings is 1. The van der Waals surface area contributed by atoms with Gasteiger partial charge in [-0.2, -0.15) is 0 Å².